The van der Waals surface area contributed by atoms with E-state index in [0.717, 1.165) is 38.8 Å². The van der Waals surface area contributed by atoms with Crippen LogP contribution in [0.1, 0.15) is 49.0 Å². The van der Waals surface area contributed by atoms with Crippen LogP contribution in [0, 0.1) is 5.92 Å². The van der Waals surface area contributed by atoms with Crippen LogP contribution in [0.5, 0.6) is 0 Å². The fourth-order valence-electron chi connectivity index (χ4n) is 4.63. The number of nitrogens with two attached hydrogens (primary N) is 1. The largest absolute Gasteiger partial charge is 0.361 e. The molecule has 1 aromatic rings. The Balaban J connectivity index is 0.00000588. The van der Waals surface area contributed by atoms with Gasteiger partial charge < -0.3 is 36.5 Å². The minimum atomic E-state index is -1.00. The van der Waals surface area contributed by atoms with Crippen molar-refractivity contribution in [3.63, 3.8) is 0 Å². The Morgan fingerprint density at radius 3 is 2.59 bits per heavy atom. The lowest BCUT2D eigenvalue weighted by Gasteiger charge is -2.31. The first-order valence-electron chi connectivity index (χ1n) is 13.8. The summed E-state index contributed by atoms with van der Waals surface area (Å²) >= 11 is 0. The normalized spacial score (nSPS) is 17.4. The van der Waals surface area contributed by atoms with Crippen molar-refractivity contribution in [3.8, 4) is 0 Å². The second-order valence-electron chi connectivity index (χ2n) is 10.6. The molecule has 0 radical (unpaired) electrons. The Hall–Kier alpha value is -3.52. The van der Waals surface area contributed by atoms with Gasteiger partial charge in [0.2, 0.25) is 17.7 Å². The van der Waals surface area contributed by atoms with Gasteiger partial charge in [0.05, 0.1) is 12.6 Å². The molecule has 0 unspecified atom stereocenters. The molecule has 5 N–H and O–H groups in total. The van der Waals surface area contributed by atoms with Gasteiger partial charge in [0.15, 0.2) is 0 Å². The minimum absolute atomic E-state index is 0. The van der Waals surface area contributed by atoms with Crippen molar-refractivity contribution in [1.82, 2.24) is 40.6 Å². The number of nitrogens with zero attached hydrogens (tertiary/aromatic N) is 6. The minimum Gasteiger partial charge on any atom is -0.361 e. The summed E-state index contributed by atoms with van der Waals surface area (Å²) in [7, 11) is 3.72. The molecule has 3 rings (SSSR count). The van der Waals surface area contributed by atoms with E-state index in [1.807, 2.05) is 23.9 Å². The van der Waals surface area contributed by atoms with Crippen LogP contribution in [-0.4, -0.2) is 120 Å². The summed E-state index contributed by atoms with van der Waals surface area (Å²) in [6.45, 7) is 3.04. The zero-order valence-corrected chi connectivity index (χ0v) is 24.6. The van der Waals surface area contributed by atoms with Crippen LogP contribution in [0.3, 0.4) is 0 Å². The summed E-state index contributed by atoms with van der Waals surface area (Å²) in [5.74, 6) is 4.19. The maximum atomic E-state index is 13.7. The average molecular weight is 595 g/mol. The quantitative estimate of drug-likeness (QED) is 0.0873. The molecule has 1 aliphatic heterocycles. The first-order valence-corrected chi connectivity index (χ1v) is 13.8. The third-order valence-corrected chi connectivity index (χ3v) is 6.88. The molecule has 41 heavy (non-hydrogen) atoms. The van der Waals surface area contributed by atoms with Gasteiger partial charge >= 0.3 is 0 Å². The summed E-state index contributed by atoms with van der Waals surface area (Å²) in [5.41, 5.74) is 0.186. The van der Waals surface area contributed by atoms with Crippen LogP contribution in [0.25, 0.3) is 0 Å². The molecule has 14 nitrogen and oxygen atoms in total. The number of nitrogens with one attached hydrogen (secondary N) is 3. The number of halogens is 1. The van der Waals surface area contributed by atoms with Gasteiger partial charge in [-0.2, -0.15) is 5.10 Å². The third kappa shape index (κ3) is 11.9. The molecule has 1 aromatic heterocycles. The van der Waals surface area contributed by atoms with Crippen molar-refractivity contribution in [3.05, 3.63) is 24.3 Å². The van der Waals surface area contributed by atoms with Crippen LogP contribution in [0.15, 0.2) is 23.7 Å². The number of hydrogen-bond acceptors (Lipinski definition) is 9. The fraction of sp³-hybridized carbons (Fsp3) is 0.654. The van der Waals surface area contributed by atoms with Crippen molar-refractivity contribution >= 4 is 42.4 Å². The number of aromatic nitrogens is 2. The standard InChI is InChI=1S/C26H42N10O4.ClH/c1-34(2)12-7-23(37)33-21(14-24(38)31-15-19-4-3-11-35(17-19)18-32-27)26(40)36(20-5-6-20)13-10-30-25(39)22-16-28-8-9-29-22;/h8-9,16,18-21H,3-7,10-15,17,27H2,1-2H3,(H,30,39)(H,31,38)(H,33,37);1H/t19-,21-;/m0./s1. The lowest BCUT2D eigenvalue weighted by Crippen LogP contribution is -2.53. The molecule has 1 saturated heterocycles. The Labute approximate surface area is 247 Å². The monoisotopic (exact) mass is 594 g/mol. The summed E-state index contributed by atoms with van der Waals surface area (Å²) < 4.78 is 0. The number of carbonyl (C=O) groups excluding carboxylic acids is 4. The molecule has 2 heterocycles. The molecule has 0 bridgehead atoms. The predicted octanol–water partition coefficient (Wildman–Crippen LogP) is -0.824. The van der Waals surface area contributed by atoms with Crippen LogP contribution < -0.4 is 21.8 Å². The molecule has 0 spiro atoms. The zero-order chi connectivity index (χ0) is 28.9. The maximum Gasteiger partial charge on any atom is 0.271 e. The molecule has 2 fully saturated rings. The SMILES string of the molecule is CN(C)CCC(=O)N[C@@H](CC(=O)NC[C@@H]1CCCN(C=NN)C1)C(=O)N(CCNC(=O)c1cnccn1)C1CC1.Cl. The molecular weight excluding hydrogens is 552 g/mol. The lowest BCUT2D eigenvalue weighted by atomic mass is 9.98. The maximum absolute atomic E-state index is 13.7. The molecule has 1 saturated carbocycles. The van der Waals surface area contributed by atoms with E-state index in [1.165, 1.54) is 18.6 Å². The van der Waals surface area contributed by atoms with Crippen LogP contribution in [0.2, 0.25) is 0 Å². The highest BCUT2D eigenvalue weighted by Gasteiger charge is 2.37. The van der Waals surface area contributed by atoms with E-state index >= 15 is 0 Å². The number of hydrogen-bond donors (Lipinski definition) is 4. The van der Waals surface area contributed by atoms with Crippen molar-refractivity contribution in [1.29, 1.82) is 0 Å². The highest BCUT2D eigenvalue weighted by molar-refractivity contribution is 5.93. The van der Waals surface area contributed by atoms with Gasteiger partial charge in [-0.05, 0) is 45.7 Å². The number of likely N-dealkylation sites (tertiary alicyclic amines) is 1. The molecule has 2 atom stereocenters. The Kier molecular flexibility index (Phi) is 14.2. The Bertz CT molecular complexity index is 1020. The summed E-state index contributed by atoms with van der Waals surface area (Å²) in [6, 6.07) is -0.985. The average Bonchev–Trinajstić information content (AvgIpc) is 3.78. The van der Waals surface area contributed by atoms with Gasteiger partial charge in [0, 0.05) is 64.1 Å². The molecule has 228 valence electrons. The number of carbonyl (C=O) groups is 4. The predicted molar refractivity (Wildman–Crippen MR) is 156 cm³/mol. The number of amides is 4. The molecule has 0 aromatic carbocycles. The lowest BCUT2D eigenvalue weighted by molar-refractivity contribution is -0.139. The van der Waals surface area contributed by atoms with Crippen LogP contribution in [0.4, 0.5) is 0 Å². The second kappa shape index (κ2) is 17.3. The summed E-state index contributed by atoms with van der Waals surface area (Å²) in [6.07, 6.45) is 9.54. The van der Waals surface area contributed by atoms with Gasteiger partial charge in [-0.3, -0.25) is 24.2 Å². The smallest absolute Gasteiger partial charge is 0.271 e. The molecule has 1 aliphatic carbocycles. The third-order valence-electron chi connectivity index (χ3n) is 6.88. The van der Waals surface area contributed by atoms with Crippen LogP contribution >= 0.6 is 12.4 Å². The van der Waals surface area contributed by atoms with Gasteiger partial charge in [-0.1, -0.05) is 0 Å². The summed E-state index contributed by atoms with van der Waals surface area (Å²) in [5, 5.41) is 12.1. The van der Waals surface area contributed by atoms with Gasteiger partial charge in [0.25, 0.3) is 5.91 Å². The van der Waals surface area contributed by atoms with Crippen molar-refractivity contribution in [2.45, 2.75) is 50.6 Å². The molecule has 2 aliphatic rings. The highest BCUT2D eigenvalue weighted by Crippen LogP contribution is 2.27. The number of hydrazone groups is 1. The van der Waals surface area contributed by atoms with Gasteiger partial charge in [-0.15, -0.1) is 12.4 Å². The topological polar surface area (TPSA) is 178 Å². The van der Waals surface area contributed by atoms with Gasteiger partial charge in [0.1, 0.15) is 18.1 Å². The highest BCUT2D eigenvalue weighted by atomic mass is 35.5. The molecular formula is C26H43ClN10O4. The summed E-state index contributed by atoms with van der Waals surface area (Å²) in [4.78, 5) is 65.1. The Morgan fingerprint density at radius 2 is 1.93 bits per heavy atom. The molecule has 15 heteroatoms. The number of piperidine rings is 1. The number of rotatable bonds is 15. The first-order chi connectivity index (χ1) is 19.3. The fourth-order valence-corrected chi connectivity index (χ4v) is 4.63. The van der Waals surface area contributed by atoms with E-state index in [2.05, 4.69) is 31.0 Å². The molecule has 4 amide bonds. The van der Waals surface area contributed by atoms with E-state index in [9.17, 15) is 19.2 Å². The van der Waals surface area contributed by atoms with Crippen LogP contribution in [-0.2, 0) is 14.4 Å². The van der Waals surface area contributed by atoms with E-state index in [1.54, 1.807) is 11.2 Å². The first kappa shape index (κ1) is 33.7. The Morgan fingerprint density at radius 1 is 1.15 bits per heavy atom. The van der Waals surface area contributed by atoms with Crippen molar-refractivity contribution in [2.75, 3.05) is 53.4 Å². The van der Waals surface area contributed by atoms with E-state index in [-0.39, 0.29) is 79.6 Å². The zero-order valence-electron chi connectivity index (χ0n) is 23.8. The van der Waals surface area contributed by atoms with E-state index in [4.69, 9.17) is 5.84 Å². The van der Waals surface area contributed by atoms with Gasteiger partial charge in [-0.25, -0.2) is 4.98 Å². The van der Waals surface area contributed by atoms with E-state index in [0.29, 0.717) is 13.1 Å². The van der Waals surface area contributed by atoms with Crippen molar-refractivity contribution in [2.24, 2.45) is 16.9 Å². The second-order valence-corrected chi connectivity index (χ2v) is 10.6. The van der Waals surface area contributed by atoms with Crippen molar-refractivity contribution < 1.29 is 19.2 Å². The van der Waals surface area contributed by atoms with E-state index < -0.39 is 6.04 Å².